The summed E-state index contributed by atoms with van der Waals surface area (Å²) in [5.41, 5.74) is 13.3. The van der Waals surface area contributed by atoms with Crippen LogP contribution in [0.2, 0.25) is 0 Å². The Morgan fingerprint density at radius 2 is 0.831 bits per heavy atom. The minimum atomic E-state index is 0.661. The fourth-order valence-corrected chi connectivity index (χ4v) is 9.63. The van der Waals surface area contributed by atoms with Crippen LogP contribution in [-0.2, 0) is 0 Å². The largest absolute Gasteiger partial charge is 0.295 e. The summed E-state index contributed by atoms with van der Waals surface area (Å²) in [6.07, 6.45) is 0. The summed E-state index contributed by atoms with van der Waals surface area (Å²) in [4.78, 5) is 10.5. The molecule has 0 saturated heterocycles. The molecule has 0 aliphatic rings. The molecule has 0 spiro atoms. The third-order valence-corrected chi connectivity index (χ3v) is 12.2. The van der Waals surface area contributed by atoms with Gasteiger partial charge in [-0.2, -0.15) is 0 Å². The van der Waals surface area contributed by atoms with Gasteiger partial charge in [-0.15, -0.1) is 0 Å². The van der Waals surface area contributed by atoms with E-state index in [0.29, 0.717) is 5.95 Å². The van der Waals surface area contributed by atoms with Crippen LogP contribution in [0.25, 0.3) is 116 Å². The van der Waals surface area contributed by atoms with Crippen molar-refractivity contribution >= 4 is 81.8 Å². The minimum Gasteiger partial charge on any atom is -0.295 e. The molecule has 59 heavy (non-hydrogen) atoms. The molecule has 13 aromatic rings. The molecule has 0 fully saturated rings. The van der Waals surface area contributed by atoms with Crippen LogP contribution in [0.5, 0.6) is 0 Å². The Morgan fingerprint density at radius 3 is 1.56 bits per heavy atom. The first-order valence-electron chi connectivity index (χ1n) is 20.1. The predicted molar refractivity (Wildman–Crippen MR) is 245 cm³/mol. The molecule has 0 bridgehead atoms. The van der Waals surface area contributed by atoms with Gasteiger partial charge in [-0.05, 0) is 77.2 Å². The average molecular weight is 752 g/mol. The zero-order valence-corrected chi connectivity index (χ0v) is 31.8. The maximum atomic E-state index is 5.29. The van der Waals surface area contributed by atoms with Crippen LogP contribution in [0.1, 0.15) is 0 Å². The van der Waals surface area contributed by atoms with Crippen LogP contribution in [0.15, 0.2) is 200 Å². The van der Waals surface area contributed by atoms with E-state index in [1.165, 1.54) is 60.1 Å². The first-order valence-corrected chi connectivity index (χ1v) is 20.1. The molecule has 0 aliphatic heterocycles. The molecule has 13 rings (SSSR count). The van der Waals surface area contributed by atoms with Crippen molar-refractivity contribution < 1.29 is 0 Å². The third-order valence-electron chi connectivity index (χ3n) is 12.2. The summed E-state index contributed by atoms with van der Waals surface area (Å²) in [6.45, 7) is 0. The van der Waals surface area contributed by atoms with E-state index in [1.54, 1.807) is 0 Å². The lowest BCUT2D eigenvalue weighted by Gasteiger charge is -2.13. The van der Waals surface area contributed by atoms with Gasteiger partial charge in [0.25, 0.3) is 0 Å². The molecule has 0 saturated carbocycles. The zero-order chi connectivity index (χ0) is 38.6. The van der Waals surface area contributed by atoms with E-state index in [-0.39, 0.29) is 0 Å². The number of benzene rings is 8. The summed E-state index contributed by atoms with van der Waals surface area (Å²) < 4.78 is 7.13. The predicted octanol–water partition coefficient (Wildman–Crippen LogP) is 13.7. The lowest BCUT2D eigenvalue weighted by atomic mass is 10.0. The van der Waals surface area contributed by atoms with Gasteiger partial charge in [-0.1, -0.05) is 140 Å². The van der Waals surface area contributed by atoms with Gasteiger partial charge in [-0.25, -0.2) is 9.97 Å². The second kappa shape index (κ2) is 12.2. The van der Waals surface area contributed by atoms with Crippen molar-refractivity contribution in [1.29, 1.82) is 0 Å². The van der Waals surface area contributed by atoms with Crippen molar-refractivity contribution in [3.63, 3.8) is 0 Å². The summed E-state index contributed by atoms with van der Waals surface area (Å²) in [7, 11) is 0. The van der Waals surface area contributed by atoms with E-state index < -0.39 is 0 Å². The van der Waals surface area contributed by atoms with Crippen molar-refractivity contribution in [2.75, 3.05) is 0 Å². The lowest BCUT2D eigenvalue weighted by molar-refractivity contribution is 1.01. The Balaban J connectivity index is 1.06. The van der Waals surface area contributed by atoms with E-state index in [9.17, 15) is 0 Å². The summed E-state index contributed by atoms with van der Waals surface area (Å²) in [5, 5.41) is 9.58. The van der Waals surface area contributed by atoms with Gasteiger partial charge in [-0.3, -0.25) is 13.5 Å². The van der Waals surface area contributed by atoms with Crippen LogP contribution in [0.3, 0.4) is 0 Å². The number of rotatable bonds is 4. The van der Waals surface area contributed by atoms with Gasteiger partial charge >= 0.3 is 0 Å². The molecule has 0 unspecified atom stereocenters. The molecule has 5 heteroatoms. The van der Waals surface area contributed by atoms with Crippen molar-refractivity contribution in [1.82, 2.24) is 23.5 Å². The Morgan fingerprint density at radius 1 is 0.305 bits per heavy atom. The van der Waals surface area contributed by atoms with Crippen LogP contribution in [-0.4, -0.2) is 23.5 Å². The smallest absolute Gasteiger partial charge is 0.235 e. The number of para-hydroxylation sites is 4. The SMILES string of the molecule is c1ccc(-c2nc(-n3c4ccccc4c4cc(-c5ccc6c(c5)c5cc7c8ccccc8c8ccccc8n7c5n6-c5ccccc5)ccc43)nc3ccccc23)cc1. The zero-order valence-electron chi connectivity index (χ0n) is 31.8. The second-order valence-electron chi connectivity index (χ2n) is 15.4. The highest BCUT2D eigenvalue weighted by Crippen LogP contribution is 2.42. The first-order chi connectivity index (χ1) is 29.3. The fourth-order valence-electron chi connectivity index (χ4n) is 9.63. The van der Waals surface area contributed by atoms with Crippen molar-refractivity contribution in [3.8, 4) is 34.0 Å². The van der Waals surface area contributed by atoms with Gasteiger partial charge in [0.15, 0.2) is 0 Å². The topological polar surface area (TPSA) is 40.0 Å². The molecular weight excluding hydrogens is 719 g/mol. The standard InChI is InChI=1S/C54H33N5/c1-3-15-34(16-4-1)52-42-23-9-12-24-46(42)55-54(56-52)59-48-26-14-11-22-41(48)43-31-35(28-30-50(43)59)36-27-29-49-44(32-36)45-33-51-40-21-8-7-19-38(40)39-20-10-13-25-47(39)58(51)53(45)57(49)37-17-5-2-6-18-37/h1-33H. The first kappa shape index (κ1) is 32.1. The van der Waals surface area contributed by atoms with Gasteiger partial charge in [0.1, 0.15) is 5.65 Å². The molecule has 0 radical (unpaired) electrons. The quantitative estimate of drug-likeness (QED) is 0.168. The molecule has 8 aromatic carbocycles. The Labute approximate surface area is 338 Å². The second-order valence-corrected chi connectivity index (χ2v) is 15.4. The normalized spacial score (nSPS) is 12.1. The molecule has 0 aliphatic carbocycles. The lowest BCUT2D eigenvalue weighted by Crippen LogP contribution is -2.03. The minimum absolute atomic E-state index is 0.661. The molecule has 0 N–H and O–H groups in total. The highest BCUT2D eigenvalue weighted by Gasteiger charge is 2.22. The highest BCUT2D eigenvalue weighted by atomic mass is 15.2. The van der Waals surface area contributed by atoms with Gasteiger partial charge in [0.05, 0.1) is 38.8 Å². The fraction of sp³-hybridized carbons (Fsp3) is 0. The number of aromatic nitrogens is 5. The number of hydrogen-bond donors (Lipinski definition) is 0. The maximum Gasteiger partial charge on any atom is 0.235 e. The summed E-state index contributed by atoms with van der Waals surface area (Å²) >= 11 is 0. The number of nitrogens with zero attached hydrogens (tertiary/aromatic N) is 5. The van der Waals surface area contributed by atoms with Crippen molar-refractivity contribution in [2.45, 2.75) is 0 Å². The van der Waals surface area contributed by atoms with Crippen molar-refractivity contribution in [2.24, 2.45) is 0 Å². The summed E-state index contributed by atoms with van der Waals surface area (Å²) in [6, 6.07) is 71.9. The molecule has 274 valence electrons. The maximum absolute atomic E-state index is 5.29. The van der Waals surface area contributed by atoms with E-state index in [4.69, 9.17) is 9.97 Å². The molecule has 5 nitrogen and oxygen atoms in total. The van der Waals surface area contributed by atoms with Crippen molar-refractivity contribution in [3.05, 3.63) is 200 Å². The molecular formula is C54H33N5. The number of pyridine rings is 1. The summed E-state index contributed by atoms with van der Waals surface area (Å²) in [5.74, 6) is 0.661. The van der Waals surface area contributed by atoms with E-state index in [2.05, 4.69) is 202 Å². The molecule has 5 aromatic heterocycles. The van der Waals surface area contributed by atoms with E-state index in [0.717, 1.165) is 49.8 Å². The monoisotopic (exact) mass is 751 g/mol. The van der Waals surface area contributed by atoms with E-state index in [1.807, 2.05) is 12.1 Å². The van der Waals surface area contributed by atoms with Crippen LogP contribution < -0.4 is 0 Å². The highest BCUT2D eigenvalue weighted by molar-refractivity contribution is 6.20. The number of hydrogen-bond acceptors (Lipinski definition) is 2. The van der Waals surface area contributed by atoms with Gasteiger partial charge < -0.3 is 0 Å². The Hall–Kier alpha value is -8.02. The van der Waals surface area contributed by atoms with Crippen LogP contribution >= 0.6 is 0 Å². The van der Waals surface area contributed by atoms with Gasteiger partial charge in [0, 0.05) is 49.0 Å². The van der Waals surface area contributed by atoms with Crippen LogP contribution in [0, 0.1) is 0 Å². The van der Waals surface area contributed by atoms with Gasteiger partial charge in [0.2, 0.25) is 5.95 Å². The molecule has 0 atom stereocenters. The third kappa shape index (κ3) is 4.61. The molecule has 5 heterocycles. The molecule has 0 amide bonds. The van der Waals surface area contributed by atoms with Crippen LogP contribution in [0.4, 0.5) is 0 Å². The Bertz CT molecular complexity index is 3830. The average Bonchev–Trinajstić information content (AvgIpc) is 3.96. The Kier molecular flexibility index (Phi) is 6.66. The van der Waals surface area contributed by atoms with E-state index >= 15 is 0 Å². The number of fused-ring (bicyclic) bond motifs is 14.